The van der Waals surface area contributed by atoms with Crippen molar-refractivity contribution in [3.63, 3.8) is 0 Å². The van der Waals surface area contributed by atoms with E-state index in [9.17, 15) is 26.7 Å². The van der Waals surface area contributed by atoms with Crippen molar-refractivity contribution < 1.29 is 26.7 Å². The molecule has 2 heterocycles. The lowest BCUT2D eigenvalue weighted by molar-refractivity contribution is -0.266. The van der Waals surface area contributed by atoms with E-state index in [4.69, 9.17) is 11.6 Å². The highest BCUT2D eigenvalue weighted by Gasteiger charge is 2.62. The van der Waals surface area contributed by atoms with Gasteiger partial charge < -0.3 is 4.90 Å². The van der Waals surface area contributed by atoms with Crippen molar-refractivity contribution in [1.82, 2.24) is 9.88 Å². The quantitative estimate of drug-likeness (QED) is 0.600. The molecule has 1 aliphatic heterocycles. The number of thiazole rings is 1. The number of alkyl halides is 5. The second-order valence-electron chi connectivity index (χ2n) is 4.68. The Morgan fingerprint density at radius 2 is 2.09 bits per heavy atom. The third-order valence-corrected chi connectivity index (χ3v) is 4.20. The number of allylic oxidation sites excluding steroid dienone is 2. The van der Waals surface area contributed by atoms with Gasteiger partial charge in [-0.3, -0.25) is 4.79 Å². The van der Waals surface area contributed by atoms with Crippen LogP contribution in [0.1, 0.15) is 17.7 Å². The summed E-state index contributed by atoms with van der Waals surface area (Å²) in [7, 11) is 0. The summed E-state index contributed by atoms with van der Waals surface area (Å²) in [6, 6.07) is 0. The second kappa shape index (κ2) is 6.11. The molecule has 1 aromatic heterocycles. The van der Waals surface area contributed by atoms with Crippen molar-refractivity contribution in [2.45, 2.75) is 31.5 Å². The van der Waals surface area contributed by atoms with Crippen LogP contribution in [0.25, 0.3) is 0 Å². The molecule has 1 saturated heterocycles. The van der Waals surface area contributed by atoms with Crippen LogP contribution in [0.15, 0.2) is 18.0 Å². The average Bonchev–Trinajstić information content (AvgIpc) is 2.98. The highest BCUT2D eigenvalue weighted by atomic mass is 35.5. The van der Waals surface area contributed by atoms with E-state index in [1.165, 1.54) is 17.5 Å². The van der Waals surface area contributed by atoms with Gasteiger partial charge in [-0.1, -0.05) is 11.6 Å². The minimum absolute atomic E-state index is 0.165. The van der Waals surface area contributed by atoms with Crippen LogP contribution in [0.5, 0.6) is 0 Å². The Bertz CT molecular complexity index is 599. The van der Waals surface area contributed by atoms with Crippen molar-refractivity contribution in [3.8, 4) is 0 Å². The van der Waals surface area contributed by atoms with Crippen LogP contribution >= 0.6 is 22.9 Å². The molecular formula is C12H10ClF5N2OS. The summed E-state index contributed by atoms with van der Waals surface area (Å²) in [6.07, 6.45) is -3.16. The van der Waals surface area contributed by atoms with Gasteiger partial charge in [0.2, 0.25) is 5.78 Å². The molecular weight excluding hydrogens is 351 g/mol. The van der Waals surface area contributed by atoms with Crippen molar-refractivity contribution in [2.75, 3.05) is 6.54 Å². The number of hydrogen-bond donors (Lipinski definition) is 0. The molecule has 2 rings (SSSR count). The topological polar surface area (TPSA) is 33.2 Å². The zero-order valence-electron chi connectivity index (χ0n) is 11.0. The Morgan fingerprint density at radius 3 is 2.64 bits per heavy atom. The lowest BCUT2D eigenvalue weighted by atomic mass is 10.1. The molecule has 1 aliphatic rings. The number of nitrogens with zero attached hydrogens (tertiary/aromatic N) is 2. The third kappa shape index (κ3) is 3.57. The minimum Gasteiger partial charge on any atom is -0.369 e. The van der Waals surface area contributed by atoms with Gasteiger partial charge in [-0.25, -0.2) is 4.98 Å². The minimum atomic E-state index is -5.89. The normalized spacial score (nSPS) is 18.3. The fourth-order valence-corrected chi connectivity index (χ4v) is 3.02. The van der Waals surface area contributed by atoms with E-state index < -0.39 is 17.9 Å². The van der Waals surface area contributed by atoms with Crippen LogP contribution in [0.4, 0.5) is 22.0 Å². The second-order valence-corrected chi connectivity index (χ2v) is 6.37. The standard InChI is InChI=1S/C12H10ClF5N2OS/c13-10-19-5-8(22-10)6-20-3-1-2-7(20)4-9(21)11(14,15)12(16,17)18/h4-5H,1-3,6H2/b7-4+. The van der Waals surface area contributed by atoms with Crippen molar-refractivity contribution in [3.05, 3.63) is 27.3 Å². The fraction of sp³-hybridized carbons (Fsp3) is 0.500. The van der Waals surface area contributed by atoms with E-state index in [0.717, 1.165) is 4.88 Å². The Hall–Kier alpha value is -1.22. The summed E-state index contributed by atoms with van der Waals surface area (Å²) < 4.78 is 62.8. The molecule has 0 amide bonds. The molecule has 0 N–H and O–H groups in total. The molecule has 3 nitrogen and oxygen atoms in total. The van der Waals surface area contributed by atoms with E-state index in [-0.39, 0.29) is 18.7 Å². The number of ketones is 1. The first-order chi connectivity index (χ1) is 10.1. The van der Waals surface area contributed by atoms with Gasteiger partial charge in [0.25, 0.3) is 0 Å². The Balaban J connectivity index is 2.14. The van der Waals surface area contributed by atoms with E-state index in [2.05, 4.69) is 4.98 Å². The molecule has 1 fully saturated rings. The van der Waals surface area contributed by atoms with Crippen molar-refractivity contribution in [1.29, 1.82) is 0 Å². The fourth-order valence-electron chi connectivity index (χ4n) is 2.02. The largest absolute Gasteiger partial charge is 0.461 e. The van der Waals surface area contributed by atoms with E-state index in [0.29, 0.717) is 23.5 Å². The van der Waals surface area contributed by atoms with Crippen LogP contribution < -0.4 is 0 Å². The highest BCUT2D eigenvalue weighted by molar-refractivity contribution is 7.15. The first-order valence-electron chi connectivity index (χ1n) is 6.16. The average molecular weight is 361 g/mol. The summed E-state index contributed by atoms with van der Waals surface area (Å²) in [5, 5.41) is 0. The van der Waals surface area contributed by atoms with Crippen LogP contribution in [0.2, 0.25) is 4.47 Å². The molecule has 0 radical (unpaired) electrons. The number of rotatable bonds is 4. The summed E-state index contributed by atoms with van der Waals surface area (Å²) >= 11 is 6.85. The SMILES string of the molecule is O=C(/C=C1\CCCN1Cc1cnc(Cl)s1)C(F)(F)C(F)(F)F. The van der Waals surface area contributed by atoms with Crippen LogP contribution in [0, 0.1) is 0 Å². The first-order valence-corrected chi connectivity index (χ1v) is 7.35. The van der Waals surface area contributed by atoms with Gasteiger partial charge in [-0.15, -0.1) is 11.3 Å². The predicted molar refractivity (Wildman–Crippen MR) is 70.9 cm³/mol. The highest BCUT2D eigenvalue weighted by Crippen LogP contribution is 2.37. The van der Waals surface area contributed by atoms with E-state index in [1.54, 1.807) is 4.90 Å². The zero-order chi connectivity index (χ0) is 16.5. The molecule has 122 valence electrons. The number of halogens is 6. The maximum atomic E-state index is 13.0. The van der Waals surface area contributed by atoms with Gasteiger partial charge in [-0.2, -0.15) is 22.0 Å². The Labute approximate surface area is 131 Å². The molecule has 22 heavy (non-hydrogen) atoms. The van der Waals surface area contributed by atoms with Crippen molar-refractivity contribution in [2.24, 2.45) is 0 Å². The van der Waals surface area contributed by atoms with Crippen LogP contribution in [0.3, 0.4) is 0 Å². The lowest BCUT2D eigenvalue weighted by Gasteiger charge is -2.20. The number of aromatic nitrogens is 1. The first kappa shape index (κ1) is 17.1. The molecule has 10 heteroatoms. The third-order valence-electron chi connectivity index (χ3n) is 3.10. The lowest BCUT2D eigenvalue weighted by Crippen LogP contribution is -2.43. The summed E-state index contributed by atoms with van der Waals surface area (Å²) in [6.45, 7) is 0.729. The van der Waals surface area contributed by atoms with E-state index >= 15 is 0 Å². The Kier molecular flexibility index (Phi) is 4.76. The van der Waals surface area contributed by atoms with Crippen LogP contribution in [-0.2, 0) is 11.3 Å². The molecule has 0 unspecified atom stereocenters. The monoisotopic (exact) mass is 360 g/mol. The van der Waals surface area contributed by atoms with E-state index in [1.807, 2.05) is 0 Å². The van der Waals surface area contributed by atoms with Crippen molar-refractivity contribution >= 4 is 28.7 Å². The number of hydrogen-bond acceptors (Lipinski definition) is 4. The maximum Gasteiger partial charge on any atom is 0.461 e. The molecule has 1 aromatic rings. The molecule has 0 spiro atoms. The molecule has 0 aliphatic carbocycles. The maximum absolute atomic E-state index is 13.0. The van der Waals surface area contributed by atoms with Gasteiger partial charge in [0.15, 0.2) is 4.47 Å². The molecule has 0 bridgehead atoms. The molecule has 0 aromatic carbocycles. The summed E-state index contributed by atoms with van der Waals surface area (Å²) in [4.78, 5) is 17.4. The smallest absolute Gasteiger partial charge is 0.369 e. The van der Waals surface area contributed by atoms with Gasteiger partial charge in [0.05, 0.1) is 6.54 Å². The number of likely N-dealkylation sites (tertiary alicyclic amines) is 1. The zero-order valence-corrected chi connectivity index (χ0v) is 12.5. The summed E-state index contributed by atoms with van der Waals surface area (Å²) in [5.41, 5.74) is 0.165. The Morgan fingerprint density at radius 1 is 1.41 bits per heavy atom. The molecule has 0 saturated carbocycles. The van der Waals surface area contributed by atoms with Crippen LogP contribution in [-0.4, -0.2) is 34.3 Å². The van der Waals surface area contributed by atoms with Gasteiger partial charge in [0, 0.05) is 29.4 Å². The number of carbonyl (C=O) groups excluding carboxylic acids is 1. The predicted octanol–water partition coefficient (Wildman–Crippen LogP) is 4.04. The molecule has 0 atom stereocenters. The summed E-state index contributed by atoms with van der Waals surface area (Å²) in [5.74, 6) is -7.62. The van der Waals surface area contributed by atoms with Gasteiger partial charge in [-0.05, 0) is 12.8 Å². The number of carbonyl (C=O) groups is 1. The van der Waals surface area contributed by atoms with Gasteiger partial charge >= 0.3 is 12.1 Å². The van der Waals surface area contributed by atoms with Gasteiger partial charge in [0.1, 0.15) is 0 Å².